The number of amides is 1. The molecule has 25 heavy (non-hydrogen) atoms. The van der Waals surface area contributed by atoms with Gasteiger partial charge >= 0.3 is 0 Å². The third-order valence-electron chi connectivity index (χ3n) is 3.39. The number of hydrogen-bond acceptors (Lipinski definition) is 5. The molecule has 0 aliphatic rings. The average molecular weight is 336 g/mol. The minimum Gasteiger partial charge on any atom is -0.508 e. The lowest BCUT2D eigenvalue weighted by Gasteiger charge is -2.08. The lowest BCUT2D eigenvalue weighted by Crippen LogP contribution is -2.12. The van der Waals surface area contributed by atoms with Crippen LogP contribution in [-0.4, -0.2) is 23.1 Å². The topological polar surface area (TPSA) is 80.7 Å². The van der Waals surface area contributed by atoms with Crippen LogP contribution in [0.5, 0.6) is 23.1 Å². The maximum absolute atomic E-state index is 12.2. The molecule has 1 aromatic heterocycles. The number of benzene rings is 2. The molecule has 0 aliphatic carbocycles. The minimum absolute atomic E-state index is 0.163. The Labute approximate surface area is 144 Å². The maximum atomic E-state index is 12.2. The molecule has 6 nitrogen and oxygen atoms in total. The van der Waals surface area contributed by atoms with Crippen LogP contribution in [-0.2, 0) is 0 Å². The van der Waals surface area contributed by atoms with Crippen LogP contribution in [0.25, 0.3) is 0 Å². The van der Waals surface area contributed by atoms with Gasteiger partial charge in [0.05, 0.1) is 19.0 Å². The van der Waals surface area contributed by atoms with E-state index in [0.717, 1.165) is 0 Å². The van der Waals surface area contributed by atoms with Crippen molar-refractivity contribution in [2.75, 3.05) is 12.4 Å². The van der Waals surface area contributed by atoms with Crippen molar-refractivity contribution >= 4 is 11.6 Å². The molecule has 0 radical (unpaired) electrons. The molecule has 0 unspecified atom stereocenters. The summed E-state index contributed by atoms with van der Waals surface area (Å²) in [6, 6.07) is 16.5. The van der Waals surface area contributed by atoms with E-state index in [0.29, 0.717) is 28.6 Å². The Kier molecular flexibility index (Phi) is 4.80. The summed E-state index contributed by atoms with van der Waals surface area (Å²) in [5.74, 6) is 1.45. The molecule has 1 amide bonds. The van der Waals surface area contributed by atoms with Gasteiger partial charge in [0.1, 0.15) is 17.2 Å². The molecule has 1 heterocycles. The number of phenols is 1. The van der Waals surface area contributed by atoms with Crippen molar-refractivity contribution in [3.05, 3.63) is 72.4 Å². The van der Waals surface area contributed by atoms with Crippen molar-refractivity contribution in [2.45, 2.75) is 0 Å². The largest absolute Gasteiger partial charge is 0.508 e. The number of pyridine rings is 1. The Morgan fingerprint density at radius 1 is 1.04 bits per heavy atom. The van der Waals surface area contributed by atoms with Crippen LogP contribution >= 0.6 is 0 Å². The minimum atomic E-state index is -0.257. The predicted molar refractivity (Wildman–Crippen MR) is 93.4 cm³/mol. The van der Waals surface area contributed by atoms with Gasteiger partial charge in [-0.1, -0.05) is 6.07 Å². The molecule has 6 heteroatoms. The number of nitrogens with zero attached hydrogens (tertiary/aromatic N) is 1. The summed E-state index contributed by atoms with van der Waals surface area (Å²) in [5, 5.41) is 12.0. The van der Waals surface area contributed by atoms with Crippen LogP contribution in [0.1, 0.15) is 10.4 Å². The molecular formula is C19H16N2O4. The van der Waals surface area contributed by atoms with Gasteiger partial charge in [0, 0.05) is 11.6 Å². The van der Waals surface area contributed by atoms with Gasteiger partial charge in [0.15, 0.2) is 0 Å². The fourth-order valence-corrected chi connectivity index (χ4v) is 2.12. The predicted octanol–water partition coefficient (Wildman–Crippen LogP) is 3.84. The van der Waals surface area contributed by atoms with Gasteiger partial charge in [-0.05, 0) is 48.5 Å². The first-order chi connectivity index (χ1) is 12.1. The first-order valence-corrected chi connectivity index (χ1v) is 7.52. The molecule has 2 aromatic carbocycles. The SMILES string of the molecule is COc1cccc(C(=O)Nc2ccc(Oc3ccc(O)cc3)nc2)c1. The molecule has 126 valence electrons. The van der Waals surface area contributed by atoms with Crippen LogP contribution in [0.3, 0.4) is 0 Å². The molecule has 0 aliphatic heterocycles. The third kappa shape index (κ3) is 4.26. The van der Waals surface area contributed by atoms with E-state index in [1.54, 1.807) is 55.6 Å². The highest BCUT2D eigenvalue weighted by Crippen LogP contribution is 2.23. The Hall–Kier alpha value is -3.54. The molecule has 0 atom stereocenters. The van der Waals surface area contributed by atoms with E-state index in [2.05, 4.69) is 10.3 Å². The highest BCUT2D eigenvalue weighted by molar-refractivity contribution is 6.04. The summed E-state index contributed by atoms with van der Waals surface area (Å²) in [5.41, 5.74) is 1.04. The van der Waals surface area contributed by atoms with Gasteiger partial charge in [0.2, 0.25) is 5.88 Å². The fourth-order valence-electron chi connectivity index (χ4n) is 2.12. The number of phenolic OH excluding ortho intramolecular Hbond substituents is 1. The van der Waals surface area contributed by atoms with E-state index < -0.39 is 0 Å². The number of carbonyl (C=O) groups is 1. The van der Waals surface area contributed by atoms with Crippen LogP contribution in [0.15, 0.2) is 66.9 Å². The Bertz CT molecular complexity index is 861. The molecule has 0 saturated carbocycles. The molecule has 0 bridgehead atoms. The second-order valence-electron chi connectivity index (χ2n) is 5.17. The molecule has 3 rings (SSSR count). The molecule has 0 saturated heterocycles. The van der Waals surface area contributed by atoms with Crippen LogP contribution in [0.4, 0.5) is 5.69 Å². The van der Waals surface area contributed by atoms with Crippen molar-refractivity contribution in [3.63, 3.8) is 0 Å². The molecule has 2 N–H and O–H groups in total. The Morgan fingerprint density at radius 3 is 2.52 bits per heavy atom. The smallest absolute Gasteiger partial charge is 0.255 e. The summed E-state index contributed by atoms with van der Waals surface area (Å²) < 4.78 is 10.7. The van der Waals surface area contributed by atoms with E-state index in [1.165, 1.54) is 18.3 Å². The van der Waals surface area contributed by atoms with E-state index in [1.807, 2.05) is 0 Å². The summed E-state index contributed by atoms with van der Waals surface area (Å²) in [6.07, 6.45) is 1.51. The zero-order valence-corrected chi connectivity index (χ0v) is 13.5. The first-order valence-electron chi connectivity index (χ1n) is 7.52. The number of rotatable bonds is 5. The Balaban J connectivity index is 1.65. The number of nitrogens with one attached hydrogen (secondary N) is 1. The van der Waals surface area contributed by atoms with E-state index in [4.69, 9.17) is 9.47 Å². The molecular weight excluding hydrogens is 320 g/mol. The van der Waals surface area contributed by atoms with Crippen molar-refractivity contribution in [1.29, 1.82) is 0 Å². The molecule has 0 spiro atoms. The quantitative estimate of drug-likeness (QED) is 0.740. The lowest BCUT2D eigenvalue weighted by molar-refractivity contribution is 0.102. The number of hydrogen-bond donors (Lipinski definition) is 2. The first kappa shape index (κ1) is 16.3. The van der Waals surface area contributed by atoms with Crippen LogP contribution in [0.2, 0.25) is 0 Å². The highest BCUT2D eigenvalue weighted by Gasteiger charge is 2.08. The summed E-state index contributed by atoms with van der Waals surface area (Å²) >= 11 is 0. The van der Waals surface area contributed by atoms with Gasteiger partial charge in [0.25, 0.3) is 5.91 Å². The third-order valence-corrected chi connectivity index (χ3v) is 3.39. The number of aromatic hydroxyl groups is 1. The highest BCUT2D eigenvalue weighted by atomic mass is 16.5. The average Bonchev–Trinajstić information content (AvgIpc) is 2.65. The monoisotopic (exact) mass is 336 g/mol. The second kappa shape index (κ2) is 7.35. The van der Waals surface area contributed by atoms with Crippen molar-refractivity contribution < 1.29 is 19.4 Å². The molecule has 3 aromatic rings. The van der Waals surface area contributed by atoms with E-state index in [-0.39, 0.29) is 11.7 Å². The van der Waals surface area contributed by atoms with Crippen LogP contribution < -0.4 is 14.8 Å². The number of anilines is 1. The number of aromatic nitrogens is 1. The second-order valence-corrected chi connectivity index (χ2v) is 5.17. The summed E-state index contributed by atoms with van der Waals surface area (Å²) in [7, 11) is 1.55. The van der Waals surface area contributed by atoms with Gasteiger partial charge in [-0.2, -0.15) is 0 Å². The number of methoxy groups -OCH3 is 1. The maximum Gasteiger partial charge on any atom is 0.255 e. The van der Waals surface area contributed by atoms with Gasteiger partial charge < -0.3 is 19.9 Å². The number of carbonyl (C=O) groups excluding carboxylic acids is 1. The molecule has 0 fully saturated rings. The normalized spacial score (nSPS) is 10.1. The van der Waals surface area contributed by atoms with E-state index in [9.17, 15) is 9.90 Å². The van der Waals surface area contributed by atoms with Gasteiger partial charge in [-0.3, -0.25) is 4.79 Å². The summed E-state index contributed by atoms with van der Waals surface area (Å²) in [6.45, 7) is 0. The lowest BCUT2D eigenvalue weighted by atomic mass is 10.2. The Morgan fingerprint density at radius 2 is 1.84 bits per heavy atom. The zero-order valence-electron chi connectivity index (χ0n) is 13.5. The summed E-state index contributed by atoms with van der Waals surface area (Å²) in [4.78, 5) is 16.4. The van der Waals surface area contributed by atoms with Gasteiger partial charge in [-0.25, -0.2) is 4.98 Å². The zero-order chi connectivity index (χ0) is 17.6. The van der Waals surface area contributed by atoms with Crippen LogP contribution in [0, 0.1) is 0 Å². The van der Waals surface area contributed by atoms with Crippen molar-refractivity contribution in [1.82, 2.24) is 4.98 Å². The number of ether oxygens (including phenoxy) is 2. The van der Waals surface area contributed by atoms with Crippen molar-refractivity contribution in [3.8, 4) is 23.1 Å². The van der Waals surface area contributed by atoms with Crippen molar-refractivity contribution in [2.24, 2.45) is 0 Å². The fraction of sp³-hybridized carbons (Fsp3) is 0.0526. The van der Waals surface area contributed by atoms with Gasteiger partial charge in [-0.15, -0.1) is 0 Å². The van der Waals surface area contributed by atoms with E-state index >= 15 is 0 Å². The standard InChI is InChI=1S/C19H16N2O4/c1-24-17-4-2-3-13(11-17)19(23)21-14-5-10-18(20-12-14)25-16-8-6-15(22)7-9-16/h2-12,22H,1H3,(H,21,23).